The summed E-state index contributed by atoms with van der Waals surface area (Å²) in [5.41, 5.74) is 12.9. The highest BCUT2D eigenvalue weighted by Crippen LogP contribution is 2.37. The summed E-state index contributed by atoms with van der Waals surface area (Å²) in [5, 5.41) is 17.6. The first-order valence-electron chi connectivity index (χ1n) is 15.9. The number of benzene rings is 8. The van der Waals surface area contributed by atoms with Crippen LogP contribution in [0.4, 0.5) is 0 Å². The molecule has 0 amide bonds. The monoisotopic (exact) mass is 593 g/mol. The highest BCUT2D eigenvalue weighted by atomic mass is 15.2. The van der Waals surface area contributed by atoms with Crippen molar-refractivity contribution in [1.29, 1.82) is 0 Å². The van der Waals surface area contributed by atoms with Gasteiger partial charge in [-0.05, 0) is 77.0 Å². The molecule has 0 saturated carbocycles. The molecule has 0 saturated heterocycles. The van der Waals surface area contributed by atoms with Gasteiger partial charge < -0.3 is 5.73 Å². The Hall–Kier alpha value is -5.32. The zero-order valence-electron chi connectivity index (χ0n) is 25.5. The van der Waals surface area contributed by atoms with Crippen molar-refractivity contribution < 1.29 is 0 Å². The van der Waals surface area contributed by atoms with Crippen molar-refractivity contribution in [3.05, 3.63) is 180 Å². The van der Waals surface area contributed by atoms with Crippen molar-refractivity contribution in [3.63, 3.8) is 0 Å². The summed E-state index contributed by atoms with van der Waals surface area (Å²) in [5.74, 6) is 0. The number of rotatable bonds is 8. The fourth-order valence-electron chi connectivity index (χ4n) is 6.96. The van der Waals surface area contributed by atoms with Crippen LogP contribution in [0.3, 0.4) is 0 Å². The minimum Gasteiger partial charge on any atom is -0.312 e. The van der Waals surface area contributed by atoms with Crippen molar-refractivity contribution in [3.8, 4) is 11.1 Å². The predicted octanol–water partition coefficient (Wildman–Crippen LogP) is 10.0. The second kappa shape index (κ2) is 12.2. The molecule has 0 fully saturated rings. The molecule has 0 bridgehead atoms. The van der Waals surface area contributed by atoms with Crippen molar-refractivity contribution in [2.24, 2.45) is 5.73 Å². The molecular weight excluding hydrogens is 558 g/mol. The van der Waals surface area contributed by atoms with E-state index in [1.165, 1.54) is 65.3 Å². The van der Waals surface area contributed by atoms with Crippen molar-refractivity contribution in [2.45, 2.75) is 18.9 Å². The standard InChI is InChI=1S/C43H35N3/c44-42(31-15-2-1-3-16-31)46-43(45-28-33-18-7-10-22-36(33)38-24-12-19-29-13-4-8-20-34(29)38)41-37-23-11-6-17-32(37)27-40-35-21-9-5-14-30(35)25-26-39(40)41/h1-27,42-43,45-46H,28,44H2. The van der Waals surface area contributed by atoms with Gasteiger partial charge in [-0.25, -0.2) is 0 Å². The zero-order chi connectivity index (χ0) is 30.9. The molecule has 0 aliphatic heterocycles. The van der Waals surface area contributed by atoms with Crippen LogP contribution in [-0.2, 0) is 6.54 Å². The highest BCUT2D eigenvalue weighted by Gasteiger charge is 2.22. The summed E-state index contributed by atoms with van der Waals surface area (Å²) in [7, 11) is 0. The smallest absolute Gasteiger partial charge is 0.0864 e. The Balaban J connectivity index is 1.27. The van der Waals surface area contributed by atoms with Gasteiger partial charge in [0.25, 0.3) is 0 Å². The van der Waals surface area contributed by atoms with E-state index in [-0.39, 0.29) is 12.3 Å². The molecule has 0 aliphatic carbocycles. The third-order valence-electron chi connectivity index (χ3n) is 9.20. The molecule has 8 aromatic rings. The SMILES string of the molecule is NC(NC(NCc1ccccc1-c1cccc2ccccc12)c1c2ccccc2cc2c1ccc1ccccc12)c1ccccc1. The van der Waals surface area contributed by atoms with Crippen LogP contribution in [0.2, 0.25) is 0 Å². The minimum absolute atomic E-state index is 0.245. The van der Waals surface area contributed by atoms with E-state index in [4.69, 9.17) is 5.73 Å². The zero-order valence-corrected chi connectivity index (χ0v) is 25.5. The van der Waals surface area contributed by atoms with Crippen LogP contribution in [-0.4, -0.2) is 0 Å². The van der Waals surface area contributed by atoms with Crippen LogP contribution in [0.1, 0.15) is 29.0 Å². The predicted molar refractivity (Wildman–Crippen MR) is 194 cm³/mol. The largest absolute Gasteiger partial charge is 0.312 e. The van der Waals surface area contributed by atoms with Gasteiger partial charge in [0.2, 0.25) is 0 Å². The van der Waals surface area contributed by atoms with E-state index in [1.54, 1.807) is 0 Å². The van der Waals surface area contributed by atoms with Crippen LogP contribution < -0.4 is 16.4 Å². The Morgan fingerprint density at radius 1 is 0.457 bits per heavy atom. The van der Waals surface area contributed by atoms with E-state index in [1.807, 2.05) is 18.2 Å². The van der Waals surface area contributed by atoms with E-state index in [2.05, 4.69) is 156 Å². The lowest BCUT2D eigenvalue weighted by atomic mass is 9.91. The van der Waals surface area contributed by atoms with Gasteiger partial charge in [0.1, 0.15) is 0 Å². The normalized spacial score (nSPS) is 13.0. The van der Waals surface area contributed by atoms with Gasteiger partial charge in [0, 0.05) is 6.54 Å². The maximum absolute atomic E-state index is 6.91. The van der Waals surface area contributed by atoms with Crippen molar-refractivity contribution in [2.75, 3.05) is 0 Å². The Labute approximate surface area is 269 Å². The average Bonchev–Trinajstić information content (AvgIpc) is 3.12. The van der Waals surface area contributed by atoms with Gasteiger partial charge in [-0.2, -0.15) is 0 Å². The van der Waals surface area contributed by atoms with Crippen molar-refractivity contribution in [1.82, 2.24) is 10.6 Å². The summed E-state index contributed by atoms with van der Waals surface area (Å²) in [6, 6.07) is 58.3. The molecule has 46 heavy (non-hydrogen) atoms. The molecule has 0 aromatic heterocycles. The van der Waals surface area contributed by atoms with E-state index >= 15 is 0 Å². The fourth-order valence-corrected chi connectivity index (χ4v) is 6.96. The summed E-state index contributed by atoms with van der Waals surface area (Å²) in [6.07, 6.45) is -0.618. The van der Waals surface area contributed by atoms with Gasteiger partial charge in [0.15, 0.2) is 0 Å². The van der Waals surface area contributed by atoms with Crippen molar-refractivity contribution >= 4 is 43.1 Å². The molecule has 8 rings (SSSR count). The molecule has 3 nitrogen and oxygen atoms in total. The summed E-state index contributed by atoms with van der Waals surface area (Å²) in [6.45, 7) is 0.650. The molecule has 0 aliphatic rings. The Morgan fingerprint density at radius 2 is 1.07 bits per heavy atom. The first-order chi connectivity index (χ1) is 22.7. The van der Waals surface area contributed by atoms with E-state index in [0.29, 0.717) is 6.54 Å². The average molecular weight is 594 g/mol. The van der Waals surface area contributed by atoms with Crippen LogP contribution >= 0.6 is 0 Å². The van der Waals surface area contributed by atoms with E-state index in [0.717, 1.165) is 5.56 Å². The molecule has 2 atom stereocenters. The van der Waals surface area contributed by atoms with Crippen LogP contribution in [0.5, 0.6) is 0 Å². The van der Waals surface area contributed by atoms with E-state index < -0.39 is 0 Å². The van der Waals surface area contributed by atoms with E-state index in [9.17, 15) is 0 Å². The van der Waals surface area contributed by atoms with Crippen LogP contribution in [0.15, 0.2) is 164 Å². The number of nitrogens with one attached hydrogen (secondary N) is 2. The van der Waals surface area contributed by atoms with Gasteiger partial charge in [-0.15, -0.1) is 0 Å². The van der Waals surface area contributed by atoms with Gasteiger partial charge in [0.05, 0.1) is 12.3 Å². The summed E-state index contributed by atoms with van der Waals surface area (Å²) >= 11 is 0. The molecule has 0 spiro atoms. The van der Waals surface area contributed by atoms with Gasteiger partial charge >= 0.3 is 0 Å². The lowest BCUT2D eigenvalue weighted by molar-refractivity contribution is 0.390. The first-order valence-corrected chi connectivity index (χ1v) is 15.9. The lowest BCUT2D eigenvalue weighted by Crippen LogP contribution is -2.40. The third kappa shape index (κ3) is 5.21. The van der Waals surface area contributed by atoms with Gasteiger partial charge in [-0.1, -0.05) is 158 Å². The third-order valence-corrected chi connectivity index (χ3v) is 9.20. The maximum atomic E-state index is 6.91. The summed E-state index contributed by atoms with van der Waals surface area (Å²) in [4.78, 5) is 0. The molecule has 8 aromatic carbocycles. The molecular formula is C43H35N3. The Morgan fingerprint density at radius 3 is 1.89 bits per heavy atom. The molecule has 2 unspecified atom stereocenters. The number of fused-ring (bicyclic) bond motifs is 5. The number of nitrogens with two attached hydrogens (primary N) is 1. The lowest BCUT2D eigenvalue weighted by Gasteiger charge is -2.28. The quantitative estimate of drug-likeness (QED) is 0.0934. The highest BCUT2D eigenvalue weighted by molar-refractivity contribution is 6.14. The number of hydrogen-bond acceptors (Lipinski definition) is 3. The second-order valence-electron chi connectivity index (χ2n) is 11.9. The minimum atomic E-state index is -0.374. The molecule has 222 valence electrons. The molecule has 0 radical (unpaired) electrons. The van der Waals surface area contributed by atoms with Crippen LogP contribution in [0, 0.1) is 0 Å². The fraction of sp³-hybridized carbons (Fsp3) is 0.0698. The second-order valence-corrected chi connectivity index (χ2v) is 11.9. The van der Waals surface area contributed by atoms with Gasteiger partial charge in [-0.3, -0.25) is 10.6 Å². The Kier molecular flexibility index (Phi) is 7.49. The molecule has 0 heterocycles. The maximum Gasteiger partial charge on any atom is 0.0864 e. The van der Waals surface area contributed by atoms with Crippen LogP contribution in [0.25, 0.3) is 54.2 Å². The topological polar surface area (TPSA) is 50.1 Å². The molecule has 4 N–H and O–H groups in total. The summed E-state index contributed by atoms with van der Waals surface area (Å²) < 4.78 is 0. The first kappa shape index (κ1) is 28.2. The molecule has 3 heteroatoms. The number of hydrogen-bond donors (Lipinski definition) is 3. The Bertz CT molecular complexity index is 2320.